The van der Waals surface area contributed by atoms with Crippen LogP contribution < -0.4 is 0 Å². The largest absolute Gasteiger partial charge is 0.416 e. The molecule has 8 heteroatoms. The van der Waals surface area contributed by atoms with Gasteiger partial charge in [-0.2, -0.15) is 18.4 Å². The SMILES string of the molecule is N#CSc1ccc(CN2CCC(F)(F)CC2)c(C(F)(F)F)c1. The van der Waals surface area contributed by atoms with Crippen molar-refractivity contribution >= 4 is 11.8 Å². The molecule has 0 atom stereocenters. The number of benzene rings is 1. The summed E-state index contributed by atoms with van der Waals surface area (Å²) >= 11 is 0.653. The Bertz CT molecular complexity index is 570. The first kappa shape index (κ1) is 17.0. The standard InChI is InChI=1S/C14H13F5N2S/c15-13(16)3-5-21(6-4-13)8-10-1-2-11(22-9-20)7-12(10)14(17,18)19/h1-2,7H,3-6,8H2. The predicted molar refractivity (Wildman–Crippen MR) is 72.4 cm³/mol. The second kappa shape index (κ2) is 6.42. The van der Waals surface area contributed by atoms with Gasteiger partial charge in [-0.15, -0.1) is 0 Å². The van der Waals surface area contributed by atoms with Gasteiger partial charge >= 0.3 is 6.18 Å². The Labute approximate surface area is 128 Å². The third-order valence-corrected chi connectivity index (χ3v) is 4.11. The van der Waals surface area contributed by atoms with E-state index in [4.69, 9.17) is 5.26 Å². The lowest BCUT2D eigenvalue weighted by Gasteiger charge is -2.32. The maximum Gasteiger partial charge on any atom is 0.416 e. The molecule has 1 heterocycles. The maximum absolute atomic E-state index is 13.1. The quantitative estimate of drug-likeness (QED) is 0.462. The number of thioether (sulfide) groups is 1. The lowest BCUT2D eigenvalue weighted by atomic mass is 10.0. The van der Waals surface area contributed by atoms with Crippen LogP contribution in [0.5, 0.6) is 0 Å². The van der Waals surface area contributed by atoms with Crippen molar-refractivity contribution in [1.82, 2.24) is 4.90 Å². The maximum atomic E-state index is 13.1. The van der Waals surface area contributed by atoms with Crippen molar-refractivity contribution in [3.05, 3.63) is 29.3 Å². The van der Waals surface area contributed by atoms with Gasteiger partial charge in [0.05, 0.1) is 5.56 Å². The van der Waals surface area contributed by atoms with Gasteiger partial charge in [-0.3, -0.25) is 4.90 Å². The zero-order valence-corrected chi connectivity index (χ0v) is 12.3. The molecule has 22 heavy (non-hydrogen) atoms. The van der Waals surface area contributed by atoms with Crippen LogP contribution >= 0.6 is 11.8 Å². The van der Waals surface area contributed by atoms with Crippen LogP contribution in [0.3, 0.4) is 0 Å². The Hall–Kier alpha value is -1.33. The third kappa shape index (κ3) is 4.34. The minimum absolute atomic E-state index is 0.0254. The van der Waals surface area contributed by atoms with Crippen molar-refractivity contribution in [2.75, 3.05) is 13.1 Å². The van der Waals surface area contributed by atoms with Crippen molar-refractivity contribution in [3.8, 4) is 5.40 Å². The topological polar surface area (TPSA) is 27.0 Å². The van der Waals surface area contributed by atoms with E-state index in [1.54, 1.807) is 10.3 Å². The van der Waals surface area contributed by atoms with Gasteiger partial charge in [0.25, 0.3) is 5.92 Å². The average molecular weight is 336 g/mol. The second-order valence-electron chi connectivity index (χ2n) is 5.14. The zero-order valence-electron chi connectivity index (χ0n) is 11.5. The van der Waals surface area contributed by atoms with E-state index in [9.17, 15) is 22.0 Å². The van der Waals surface area contributed by atoms with Crippen molar-refractivity contribution in [3.63, 3.8) is 0 Å². The molecule has 0 N–H and O–H groups in total. The number of alkyl halides is 5. The molecule has 1 aromatic carbocycles. The fourth-order valence-electron chi connectivity index (χ4n) is 2.35. The van der Waals surface area contributed by atoms with Gasteiger partial charge in [-0.05, 0) is 29.5 Å². The summed E-state index contributed by atoms with van der Waals surface area (Å²) in [6.07, 6.45) is -5.21. The van der Waals surface area contributed by atoms with E-state index in [1.807, 2.05) is 0 Å². The van der Waals surface area contributed by atoms with Crippen molar-refractivity contribution in [2.24, 2.45) is 0 Å². The fourth-order valence-corrected chi connectivity index (χ4v) is 2.77. The number of halogens is 5. The minimum atomic E-state index is -4.54. The summed E-state index contributed by atoms with van der Waals surface area (Å²) < 4.78 is 65.5. The summed E-state index contributed by atoms with van der Waals surface area (Å²) in [7, 11) is 0. The smallest absolute Gasteiger partial charge is 0.299 e. The highest BCUT2D eigenvalue weighted by Gasteiger charge is 2.36. The number of hydrogen-bond donors (Lipinski definition) is 0. The summed E-state index contributed by atoms with van der Waals surface area (Å²) in [4.78, 5) is 1.81. The molecule has 0 aromatic heterocycles. The molecule has 0 radical (unpaired) electrons. The Morgan fingerprint density at radius 1 is 1.23 bits per heavy atom. The van der Waals surface area contributed by atoms with Crippen LogP contribution in [0.25, 0.3) is 0 Å². The van der Waals surface area contributed by atoms with Gasteiger partial charge in [0.15, 0.2) is 0 Å². The molecule has 0 unspecified atom stereocenters. The summed E-state index contributed by atoms with van der Waals surface area (Å²) in [5, 5.41) is 10.3. The highest BCUT2D eigenvalue weighted by atomic mass is 32.2. The predicted octanol–water partition coefficient (Wildman–Crippen LogP) is 4.51. The van der Waals surface area contributed by atoms with E-state index >= 15 is 0 Å². The summed E-state index contributed by atoms with van der Waals surface area (Å²) in [6, 6.07) is 3.69. The number of nitrogens with zero attached hydrogens (tertiary/aromatic N) is 2. The number of nitriles is 1. The van der Waals surface area contributed by atoms with Crippen molar-refractivity contribution in [2.45, 2.75) is 36.4 Å². The number of thiocyanates is 1. The van der Waals surface area contributed by atoms with Crippen LogP contribution in [0.2, 0.25) is 0 Å². The van der Waals surface area contributed by atoms with E-state index in [0.717, 1.165) is 6.07 Å². The fraction of sp³-hybridized carbons (Fsp3) is 0.500. The normalized spacial score (nSPS) is 18.9. The van der Waals surface area contributed by atoms with E-state index in [1.165, 1.54) is 12.1 Å². The number of likely N-dealkylation sites (tertiary alicyclic amines) is 1. The first-order chi connectivity index (χ1) is 10.2. The molecule has 1 aliphatic rings. The average Bonchev–Trinajstić information content (AvgIpc) is 2.42. The lowest BCUT2D eigenvalue weighted by Crippen LogP contribution is -2.39. The van der Waals surface area contributed by atoms with Gasteiger partial charge in [-0.25, -0.2) is 8.78 Å². The molecule has 0 amide bonds. The highest BCUT2D eigenvalue weighted by molar-refractivity contribution is 8.03. The van der Waals surface area contributed by atoms with Gasteiger partial charge < -0.3 is 0 Å². The molecule has 1 saturated heterocycles. The van der Waals surface area contributed by atoms with Crippen molar-refractivity contribution < 1.29 is 22.0 Å². The van der Waals surface area contributed by atoms with Crippen LogP contribution in [0.1, 0.15) is 24.0 Å². The minimum Gasteiger partial charge on any atom is -0.299 e. The second-order valence-corrected chi connectivity index (χ2v) is 6.00. The Balaban J connectivity index is 2.18. The molecule has 1 aliphatic heterocycles. The zero-order chi connectivity index (χ0) is 16.4. The van der Waals surface area contributed by atoms with E-state index in [2.05, 4.69) is 0 Å². The molecule has 1 aromatic rings. The third-order valence-electron chi connectivity index (χ3n) is 3.53. The first-order valence-corrected chi connectivity index (χ1v) is 7.39. The Kier molecular flexibility index (Phi) is 4.97. The van der Waals surface area contributed by atoms with Crippen LogP contribution in [-0.2, 0) is 12.7 Å². The number of hydrogen-bond acceptors (Lipinski definition) is 3. The molecule has 1 fully saturated rings. The van der Waals surface area contributed by atoms with E-state index < -0.39 is 17.7 Å². The van der Waals surface area contributed by atoms with E-state index in [-0.39, 0.29) is 42.9 Å². The highest BCUT2D eigenvalue weighted by Crippen LogP contribution is 2.36. The molecule has 0 aliphatic carbocycles. The summed E-state index contributed by atoms with van der Waals surface area (Å²) in [5.41, 5.74) is -0.773. The van der Waals surface area contributed by atoms with Crippen LogP contribution in [0.15, 0.2) is 23.1 Å². The first-order valence-electron chi connectivity index (χ1n) is 6.57. The number of piperidine rings is 1. The Morgan fingerprint density at radius 2 is 1.86 bits per heavy atom. The molecule has 2 nitrogen and oxygen atoms in total. The number of rotatable bonds is 3. The van der Waals surface area contributed by atoms with Crippen molar-refractivity contribution in [1.29, 1.82) is 5.26 Å². The van der Waals surface area contributed by atoms with Gasteiger partial charge in [0.2, 0.25) is 0 Å². The molecule has 2 rings (SSSR count). The lowest BCUT2D eigenvalue weighted by molar-refractivity contribution is -0.138. The summed E-state index contributed by atoms with van der Waals surface area (Å²) in [5.74, 6) is -2.73. The molecular formula is C14H13F5N2S. The monoisotopic (exact) mass is 336 g/mol. The van der Waals surface area contributed by atoms with Gasteiger partial charge in [-0.1, -0.05) is 6.07 Å². The van der Waals surface area contributed by atoms with Gasteiger partial charge in [0, 0.05) is 37.4 Å². The molecule has 120 valence electrons. The molecule has 0 bridgehead atoms. The van der Waals surface area contributed by atoms with E-state index in [0.29, 0.717) is 11.8 Å². The van der Waals surface area contributed by atoms with Crippen LogP contribution in [0, 0.1) is 10.7 Å². The van der Waals surface area contributed by atoms with Crippen LogP contribution in [-0.4, -0.2) is 23.9 Å². The summed E-state index contributed by atoms with van der Waals surface area (Å²) in [6.45, 7) is 0.112. The molecular weight excluding hydrogens is 323 g/mol. The van der Waals surface area contributed by atoms with Gasteiger partial charge in [0.1, 0.15) is 5.40 Å². The Morgan fingerprint density at radius 3 is 2.41 bits per heavy atom. The molecule has 0 spiro atoms. The van der Waals surface area contributed by atoms with Crippen LogP contribution in [0.4, 0.5) is 22.0 Å². The molecule has 0 saturated carbocycles.